The van der Waals surface area contributed by atoms with Gasteiger partial charge < -0.3 is 5.11 Å². The van der Waals surface area contributed by atoms with Crippen LogP contribution in [0.2, 0.25) is 0 Å². The summed E-state index contributed by atoms with van der Waals surface area (Å²) in [5.74, 6) is -0.684. The van der Waals surface area contributed by atoms with Gasteiger partial charge in [0.1, 0.15) is 0 Å². The summed E-state index contributed by atoms with van der Waals surface area (Å²) >= 11 is 1.68. The zero-order valence-corrected chi connectivity index (χ0v) is 13.3. The third-order valence-corrected chi connectivity index (χ3v) is 6.34. The number of aliphatic carboxylic acids is 1. The fourth-order valence-corrected chi connectivity index (χ4v) is 5.31. The highest BCUT2D eigenvalue weighted by molar-refractivity contribution is 7.91. The van der Waals surface area contributed by atoms with Crippen molar-refractivity contribution >= 4 is 27.1 Å². The highest BCUT2D eigenvalue weighted by Gasteiger charge is 2.33. The van der Waals surface area contributed by atoms with Crippen molar-refractivity contribution in [3.63, 3.8) is 0 Å². The molecule has 1 fully saturated rings. The Hall–Kier alpha value is -0.920. The maximum absolute atomic E-state index is 11.6. The van der Waals surface area contributed by atoms with Crippen molar-refractivity contribution in [1.82, 2.24) is 4.90 Å². The fourth-order valence-electron chi connectivity index (χ4n) is 2.61. The third-order valence-electron chi connectivity index (χ3n) is 3.58. The first kappa shape index (κ1) is 15.5. The molecular weight excluding hydrogens is 298 g/mol. The number of aryl methyl sites for hydroxylation is 2. The molecule has 0 aliphatic carbocycles. The quantitative estimate of drug-likeness (QED) is 0.889. The van der Waals surface area contributed by atoms with Crippen LogP contribution in [0, 0.1) is 13.8 Å². The van der Waals surface area contributed by atoms with Gasteiger partial charge in [-0.15, -0.1) is 11.3 Å². The number of carbonyl (C=O) groups is 1. The standard InChI is InChI=1S/C13H19NO4S2/c1-9-5-11(10(2)19-9)6-14(7-13(15)16)12-3-4-20(17,18)8-12/h5,12H,3-4,6-8H2,1-2H3,(H,15,16). The van der Waals surface area contributed by atoms with Crippen LogP contribution in [0.25, 0.3) is 0 Å². The molecule has 1 N–H and O–H groups in total. The summed E-state index contributed by atoms with van der Waals surface area (Å²) in [5, 5.41) is 9.04. The number of rotatable bonds is 5. The van der Waals surface area contributed by atoms with E-state index < -0.39 is 15.8 Å². The first-order valence-corrected chi connectivity index (χ1v) is 9.13. The van der Waals surface area contributed by atoms with E-state index in [4.69, 9.17) is 5.11 Å². The molecule has 2 rings (SSSR count). The number of nitrogens with zero attached hydrogens (tertiary/aromatic N) is 1. The van der Waals surface area contributed by atoms with E-state index in [-0.39, 0.29) is 24.1 Å². The van der Waals surface area contributed by atoms with Crippen molar-refractivity contribution in [3.05, 3.63) is 21.4 Å². The molecule has 0 saturated carbocycles. The van der Waals surface area contributed by atoms with Crippen molar-refractivity contribution in [2.24, 2.45) is 0 Å². The predicted molar refractivity (Wildman–Crippen MR) is 78.9 cm³/mol. The molecule has 1 atom stereocenters. The largest absolute Gasteiger partial charge is 0.480 e. The highest BCUT2D eigenvalue weighted by Crippen LogP contribution is 2.25. The molecule has 1 unspecified atom stereocenters. The van der Waals surface area contributed by atoms with Gasteiger partial charge in [-0.1, -0.05) is 0 Å². The number of sulfone groups is 1. The summed E-state index contributed by atoms with van der Waals surface area (Å²) in [6.45, 7) is 4.41. The van der Waals surface area contributed by atoms with E-state index in [1.165, 1.54) is 9.75 Å². The van der Waals surface area contributed by atoms with E-state index in [1.807, 2.05) is 13.8 Å². The smallest absolute Gasteiger partial charge is 0.317 e. The van der Waals surface area contributed by atoms with Crippen LogP contribution in [0.15, 0.2) is 6.07 Å². The van der Waals surface area contributed by atoms with Gasteiger partial charge in [-0.05, 0) is 31.9 Å². The summed E-state index contributed by atoms with van der Waals surface area (Å²) in [5.41, 5.74) is 1.10. The molecule has 1 aromatic heterocycles. The van der Waals surface area contributed by atoms with E-state index in [1.54, 1.807) is 16.2 Å². The number of hydrogen-bond donors (Lipinski definition) is 1. The molecule has 0 bridgehead atoms. The van der Waals surface area contributed by atoms with Gasteiger partial charge in [0.05, 0.1) is 18.1 Å². The van der Waals surface area contributed by atoms with Crippen LogP contribution in [0.5, 0.6) is 0 Å². The van der Waals surface area contributed by atoms with Crippen molar-refractivity contribution in [2.75, 3.05) is 18.1 Å². The minimum Gasteiger partial charge on any atom is -0.480 e. The normalized spacial score (nSPS) is 21.4. The van der Waals surface area contributed by atoms with Gasteiger partial charge in [-0.25, -0.2) is 8.42 Å². The number of carboxylic acid groups (broad SMARTS) is 1. The molecule has 0 spiro atoms. The Morgan fingerprint density at radius 1 is 1.50 bits per heavy atom. The molecule has 0 radical (unpaired) electrons. The molecule has 0 aromatic carbocycles. The summed E-state index contributed by atoms with van der Waals surface area (Å²) in [4.78, 5) is 15.2. The summed E-state index contributed by atoms with van der Waals surface area (Å²) in [6, 6.07) is 1.87. The summed E-state index contributed by atoms with van der Waals surface area (Å²) in [7, 11) is -3.01. The van der Waals surface area contributed by atoms with Crippen LogP contribution in [-0.4, -0.2) is 48.5 Å². The minimum atomic E-state index is -3.01. The summed E-state index contributed by atoms with van der Waals surface area (Å²) < 4.78 is 23.2. The second kappa shape index (κ2) is 5.83. The maximum Gasteiger partial charge on any atom is 0.317 e. The Bertz CT molecular complexity index is 606. The summed E-state index contributed by atoms with van der Waals surface area (Å²) in [6.07, 6.45) is 0.526. The van der Waals surface area contributed by atoms with Crippen molar-refractivity contribution in [1.29, 1.82) is 0 Å². The number of hydrogen-bond acceptors (Lipinski definition) is 5. The first-order chi connectivity index (χ1) is 9.27. The molecule has 2 heterocycles. The second-order valence-corrected chi connectivity index (χ2v) is 8.98. The minimum absolute atomic E-state index is 0.0719. The molecule has 7 heteroatoms. The fraction of sp³-hybridized carbons (Fsp3) is 0.615. The lowest BCUT2D eigenvalue weighted by molar-refractivity contribution is -0.139. The first-order valence-electron chi connectivity index (χ1n) is 6.49. The van der Waals surface area contributed by atoms with Crippen molar-refractivity contribution in [3.8, 4) is 0 Å². The van der Waals surface area contributed by atoms with Gasteiger partial charge >= 0.3 is 5.97 Å². The zero-order valence-electron chi connectivity index (χ0n) is 11.6. The Morgan fingerprint density at radius 3 is 2.65 bits per heavy atom. The molecule has 1 saturated heterocycles. The monoisotopic (exact) mass is 317 g/mol. The van der Waals surface area contributed by atoms with E-state index in [0.29, 0.717) is 13.0 Å². The lowest BCUT2D eigenvalue weighted by Gasteiger charge is -2.26. The van der Waals surface area contributed by atoms with Crippen LogP contribution in [0.3, 0.4) is 0 Å². The van der Waals surface area contributed by atoms with E-state index in [0.717, 1.165) is 5.56 Å². The Kier molecular flexibility index (Phi) is 4.51. The molecule has 5 nitrogen and oxygen atoms in total. The van der Waals surface area contributed by atoms with Crippen LogP contribution in [0.4, 0.5) is 0 Å². The third kappa shape index (κ3) is 3.80. The Balaban J connectivity index is 2.16. The van der Waals surface area contributed by atoms with Gasteiger partial charge in [0.15, 0.2) is 9.84 Å². The topological polar surface area (TPSA) is 74.7 Å². The highest BCUT2D eigenvalue weighted by atomic mass is 32.2. The predicted octanol–water partition coefficient (Wildman–Crippen LogP) is 1.44. The van der Waals surface area contributed by atoms with Gasteiger partial charge in [-0.2, -0.15) is 0 Å². The zero-order chi connectivity index (χ0) is 14.9. The van der Waals surface area contributed by atoms with Gasteiger partial charge in [0, 0.05) is 22.3 Å². The number of thiophene rings is 1. The van der Waals surface area contributed by atoms with Crippen LogP contribution < -0.4 is 0 Å². The SMILES string of the molecule is Cc1cc(CN(CC(=O)O)C2CCS(=O)(=O)C2)c(C)s1. The van der Waals surface area contributed by atoms with E-state index in [9.17, 15) is 13.2 Å². The molecule has 112 valence electrons. The molecule has 0 amide bonds. The lowest BCUT2D eigenvalue weighted by Crippen LogP contribution is -2.39. The molecule has 20 heavy (non-hydrogen) atoms. The van der Waals surface area contributed by atoms with Crippen LogP contribution in [-0.2, 0) is 21.2 Å². The lowest BCUT2D eigenvalue weighted by atomic mass is 10.1. The molecule has 1 aliphatic heterocycles. The maximum atomic E-state index is 11.6. The average molecular weight is 317 g/mol. The number of carboxylic acids is 1. The molecular formula is C13H19NO4S2. The average Bonchev–Trinajstić information content (AvgIpc) is 2.80. The van der Waals surface area contributed by atoms with Crippen molar-refractivity contribution < 1.29 is 18.3 Å². The molecule has 1 aliphatic rings. The Labute approximate surface area is 123 Å². The van der Waals surface area contributed by atoms with E-state index in [2.05, 4.69) is 6.07 Å². The van der Waals surface area contributed by atoms with E-state index >= 15 is 0 Å². The second-order valence-electron chi connectivity index (χ2n) is 5.29. The van der Waals surface area contributed by atoms with Crippen molar-refractivity contribution in [2.45, 2.75) is 32.9 Å². The Morgan fingerprint density at radius 2 is 2.20 bits per heavy atom. The van der Waals surface area contributed by atoms with Crippen LogP contribution in [0.1, 0.15) is 21.7 Å². The van der Waals surface area contributed by atoms with Gasteiger partial charge in [-0.3, -0.25) is 9.69 Å². The van der Waals surface area contributed by atoms with Gasteiger partial charge in [0.25, 0.3) is 0 Å². The van der Waals surface area contributed by atoms with Crippen LogP contribution >= 0.6 is 11.3 Å². The molecule has 1 aromatic rings. The van der Waals surface area contributed by atoms with Gasteiger partial charge in [0.2, 0.25) is 0 Å².